The molecule has 4 aromatic rings. The van der Waals surface area contributed by atoms with E-state index in [0.717, 1.165) is 29.4 Å². The average molecular weight is 426 g/mol. The van der Waals surface area contributed by atoms with Crippen molar-refractivity contribution in [1.29, 1.82) is 0 Å². The first-order valence-electron chi connectivity index (χ1n) is 9.76. The molecule has 0 saturated carbocycles. The van der Waals surface area contributed by atoms with Crippen molar-refractivity contribution in [1.82, 2.24) is 14.6 Å². The molecule has 2 heterocycles. The maximum Gasteiger partial charge on any atom is 0.291 e. The van der Waals surface area contributed by atoms with E-state index in [1.54, 1.807) is 0 Å². The van der Waals surface area contributed by atoms with Crippen LogP contribution in [-0.4, -0.2) is 14.6 Å². The summed E-state index contributed by atoms with van der Waals surface area (Å²) < 4.78 is 28.4. The van der Waals surface area contributed by atoms with Crippen LogP contribution in [0.4, 0.5) is 8.78 Å². The number of thiazole rings is 1. The molecule has 0 aliphatic rings. The highest BCUT2D eigenvalue weighted by Gasteiger charge is 2.17. The third-order valence-corrected chi connectivity index (χ3v) is 5.85. The number of rotatable bonds is 5. The minimum Gasteiger partial charge on any atom is -0.266 e. The van der Waals surface area contributed by atoms with E-state index in [-0.39, 0.29) is 17.0 Å². The lowest BCUT2D eigenvalue weighted by Gasteiger charge is -2.10. The zero-order chi connectivity index (χ0) is 21.4. The molecule has 0 aliphatic heterocycles. The third kappa shape index (κ3) is 4.16. The highest BCUT2D eigenvalue weighted by atomic mass is 32.1. The highest BCUT2D eigenvalue weighted by molar-refractivity contribution is 7.15. The van der Waals surface area contributed by atoms with E-state index < -0.39 is 11.6 Å². The molecule has 0 N–H and O–H groups in total. The smallest absolute Gasteiger partial charge is 0.266 e. The van der Waals surface area contributed by atoms with E-state index in [2.05, 4.69) is 48.2 Å². The van der Waals surface area contributed by atoms with E-state index in [0.29, 0.717) is 21.2 Å². The Morgan fingerprint density at radius 2 is 1.73 bits per heavy atom. The van der Waals surface area contributed by atoms with Crippen molar-refractivity contribution in [2.45, 2.75) is 33.1 Å². The van der Waals surface area contributed by atoms with Gasteiger partial charge in [-0.25, -0.2) is 13.8 Å². The van der Waals surface area contributed by atoms with Crippen molar-refractivity contribution < 1.29 is 8.78 Å². The van der Waals surface area contributed by atoms with Gasteiger partial charge < -0.3 is 0 Å². The Bertz CT molecular complexity index is 1290. The van der Waals surface area contributed by atoms with Gasteiger partial charge in [-0.2, -0.15) is 4.52 Å². The molecule has 4 nitrogen and oxygen atoms in total. The molecule has 30 heavy (non-hydrogen) atoms. The molecule has 0 spiro atoms. The third-order valence-electron chi connectivity index (χ3n) is 4.89. The summed E-state index contributed by atoms with van der Waals surface area (Å²) in [6.07, 6.45) is 2.48. The highest BCUT2D eigenvalue weighted by Crippen LogP contribution is 2.23. The number of hydrogen-bond donors (Lipinski definition) is 0. The molecule has 0 aliphatic carbocycles. The van der Waals surface area contributed by atoms with E-state index in [4.69, 9.17) is 0 Å². The zero-order valence-electron chi connectivity index (χ0n) is 16.9. The van der Waals surface area contributed by atoms with Gasteiger partial charge in [0.25, 0.3) is 5.56 Å². The Hall–Kier alpha value is -2.93. The van der Waals surface area contributed by atoms with Crippen LogP contribution in [0.1, 0.15) is 49.2 Å². The van der Waals surface area contributed by atoms with Crippen LogP contribution in [0.15, 0.2) is 47.3 Å². The molecule has 2 aromatic heterocycles. The van der Waals surface area contributed by atoms with Crippen molar-refractivity contribution >= 4 is 22.4 Å². The minimum absolute atomic E-state index is 0.0608. The van der Waals surface area contributed by atoms with Gasteiger partial charge in [0, 0.05) is 12.0 Å². The van der Waals surface area contributed by atoms with E-state index in [9.17, 15) is 13.6 Å². The number of fused-ring (bicyclic) bond motifs is 1. The minimum atomic E-state index is -0.691. The fourth-order valence-corrected chi connectivity index (χ4v) is 4.32. The molecule has 0 radical (unpaired) electrons. The maximum atomic E-state index is 13.4. The molecule has 0 saturated heterocycles. The van der Waals surface area contributed by atoms with Crippen LogP contribution in [0.25, 0.3) is 11.0 Å². The van der Waals surface area contributed by atoms with Crippen LogP contribution in [0.2, 0.25) is 0 Å². The molecule has 2 aromatic carbocycles. The number of nitrogens with zero attached hydrogens (tertiary/aromatic N) is 3. The van der Waals surface area contributed by atoms with Gasteiger partial charge in [0.05, 0.1) is 4.53 Å². The number of benzene rings is 2. The Balaban J connectivity index is 1.65. The fourth-order valence-electron chi connectivity index (χ4n) is 3.41. The first kappa shape index (κ1) is 20.3. The summed E-state index contributed by atoms with van der Waals surface area (Å²) in [5.41, 5.74) is 2.30. The van der Waals surface area contributed by atoms with Gasteiger partial charge in [-0.15, -0.1) is 5.10 Å². The Labute approximate surface area is 176 Å². The normalized spacial score (nSPS) is 13.5. The molecule has 1 unspecified atom stereocenters. The summed E-state index contributed by atoms with van der Waals surface area (Å²) in [6, 6.07) is 11.5. The van der Waals surface area contributed by atoms with Crippen LogP contribution < -0.4 is 10.1 Å². The summed E-state index contributed by atoms with van der Waals surface area (Å²) in [5.74, 6) is -0.278. The lowest BCUT2D eigenvalue weighted by Crippen LogP contribution is -2.24. The van der Waals surface area contributed by atoms with Gasteiger partial charge in [-0.05, 0) is 47.2 Å². The summed E-state index contributed by atoms with van der Waals surface area (Å²) in [4.78, 5) is 17.7. The maximum absolute atomic E-state index is 13.4. The SMILES string of the molecule is CC(C)Cc1ccc(C(C)c2nc3s/c(=C\c4cc(F)cc(F)c4)c(=O)n3n2)cc1. The fraction of sp³-hybridized carbons (Fsp3) is 0.261. The van der Waals surface area contributed by atoms with Crippen molar-refractivity contribution in [3.63, 3.8) is 0 Å². The van der Waals surface area contributed by atoms with Crippen molar-refractivity contribution in [2.75, 3.05) is 0 Å². The summed E-state index contributed by atoms with van der Waals surface area (Å²) in [5, 5.41) is 4.39. The topological polar surface area (TPSA) is 47.3 Å². The summed E-state index contributed by atoms with van der Waals surface area (Å²) in [7, 11) is 0. The molecule has 4 rings (SSSR count). The second-order valence-corrected chi connectivity index (χ2v) is 8.85. The average Bonchev–Trinajstić information content (AvgIpc) is 3.20. The second-order valence-electron chi connectivity index (χ2n) is 7.84. The zero-order valence-corrected chi connectivity index (χ0v) is 17.7. The molecule has 154 valence electrons. The second kappa shape index (κ2) is 8.07. The standard InChI is InChI=1S/C23H21F2N3OS/c1-13(2)8-15-4-6-17(7-5-15)14(3)21-26-23-28(27-21)22(29)20(30-23)11-16-9-18(24)12-19(25)10-16/h4-7,9-14H,8H2,1-3H3/b20-11-. The summed E-state index contributed by atoms with van der Waals surface area (Å²) in [6.45, 7) is 6.38. The number of hydrogen-bond acceptors (Lipinski definition) is 4. The summed E-state index contributed by atoms with van der Waals surface area (Å²) >= 11 is 1.15. The Kier molecular flexibility index (Phi) is 5.47. The Morgan fingerprint density at radius 3 is 2.33 bits per heavy atom. The van der Waals surface area contributed by atoms with Crippen LogP contribution in [-0.2, 0) is 6.42 Å². The molecular formula is C23H21F2N3OS. The van der Waals surface area contributed by atoms with Gasteiger partial charge in [0.15, 0.2) is 5.82 Å². The first-order valence-corrected chi connectivity index (χ1v) is 10.6. The molecule has 7 heteroatoms. The van der Waals surface area contributed by atoms with E-state index in [1.165, 1.54) is 28.3 Å². The van der Waals surface area contributed by atoms with Crippen LogP contribution in [0, 0.1) is 17.6 Å². The van der Waals surface area contributed by atoms with E-state index >= 15 is 0 Å². The van der Waals surface area contributed by atoms with Gasteiger partial charge in [0.2, 0.25) is 4.96 Å². The van der Waals surface area contributed by atoms with Gasteiger partial charge in [-0.3, -0.25) is 4.79 Å². The molecule has 0 amide bonds. The van der Waals surface area contributed by atoms with Crippen LogP contribution in [0.5, 0.6) is 0 Å². The van der Waals surface area contributed by atoms with Crippen molar-refractivity contribution in [3.8, 4) is 0 Å². The number of halogens is 2. The molecule has 0 fully saturated rings. The quantitative estimate of drug-likeness (QED) is 0.478. The van der Waals surface area contributed by atoms with E-state index in [1.807, 2.05) is 6.92 Å². The van der Waals surface area contributed by atoms with Crippen molar-refractivity contribution in [2.24, 2.45) is 5.92 Å². The lowest BCUT2D eigenvalue weighted by molar-refractivity contribution is 0.583. The van der Waals surface area contributed by atoms with Crippen molar-refractivity contribution in [3.05, 3.63) is 91.5 Å². The predicted octanol–water partition coefficient (Wildman–Crippen LogP) is 4.33. The monoisotopic (exact) mass is 425 g/mol. The number of aromatic nitrogens is 3. The molecule has 1 atom stereocenters. The van der Waals surface area contributed by atoms with Gasteiger partial charge in [0.1, 0.15) is 11.6 Å². The Morgan fingerprint density at radius 1 is 1.07 bits per heavy atom. The largest absolute Gasteiger partial charge is 0.291 e. The lowest BCUT2D eigenvalue weighted by atomic mass is 9.96. The van der Waals surface area contributed by atoms with Gasteiger partial charge >= 0.3 is 0 Å². The van der Waals surface area contributed by atoms with Crippen LogP contribution >= 0.6 is 11.3 Å². The van der Waals surface area contributed by atoms with Gasteiger partial charge in [-0.1, -0.05) is 56.4 Å². The predicted molar refractivity (Wildman–Crippen MR) is 115 cm³/mol. The van der Waals surface area contributed by atoms with Crippen LogP contribution in [0.3, 0.4) is 0 Å². The first-order chi connectivity index (χ1) is 14.3. The molecular weight excluding hydrogens is 404 g/mol. The molecule has 0 bridgehead atoms.